The molecule has 0 bridgehead atoms. The van der Waals surface area contributed by atoms with Gasteiger partial charge in [-0.15, -0.1) is 0 Å². The molecule has 0 aromatic heterocycles. The van der Waals surface area contributed by atoms with E-state index in [0.29, 0.717) is 11.3 Å². The molecule has 1 unspecified atom stereocenters. The highest BCUT2D eigenvalue weighted by molar-refractivity contribution is 7.92. The molecule has 0 heterocycles. The summed E-state index contributed by atoms with van der Waals surface area (Å²) in [4.78, 5) is -0.752. The van der Waals surface area contributed by atoms with Crippen molar-refractivity contribution in [2.75, 3.05) is 12.9 Å². The Morgan fingerprint density at radius 3 is 2.25 bits per heavy atom. The predicted octanol–water partition coefficient (Wildman–Crippen LogP) is 2.32. The van der Waals surface area contributed by atoms with Crippen LogP contribution in [0.3, 0.4) is 0 Å². The smallest absolute Gasteiger partial charge is 0.340 e. The van der Waals surface area contributed by atoms with Crippen LogP contribution in [0.5, 0.6) is 11.5 Å². The van der Waals surface area contributed by atoms with Crippen LogP contribution in [0.4, 0.5) is 0 Å². The number of benzene rings is 2. The van der Waals surface area contributed by atoms with E-state index in [1.807, 2.05) is 0 Å². The molecule has 0 amide bonds. The summed E-state index contributed by atoms with van der Waals surface area (Å²) in [7, 11) is -8.14. The lowest BCUT2D eigenvalue weighted by molar-refractivity contribution is 0.0893. The zero-order valence-electron chi connectivity index (χ0n) is 15.5. The van der Waals surface area contributed by atoms with E-state index in [1.165, 1.54) is 36.4 Å². The van der Waals surface area contributed by atoms with E-state index in [4.69, 9.17) is 8.92 Å². The van der Waals surface area contributed by atoms with Crippen molar-refractivity contribution in [2.24, 2.45) is 5.92 Å². The molecule has 9 heteroatoms. The molecule has 152 valence electrons. The third-order valence-corrected chi connectivity index (χ3v) is 6.93. The summed E-state index contributed by atoms with van der Waals surface area (Å²) in [5.74, 6) is 0.619. The first-order chi connectivity index (χ1) is 13.1. The summed E-state index contributed by atoms with van der Waals surface area (Å²) in [6, 6.07) is 9.87. The Hall–Kier alpha value is -2.10. The Morgan fingerprint density at radius 1 is 1.04 bits per heavy atom. The van der Waals surface area contributed by atoms with Gasteiger partial charge in [0.05, 0.1) is 11.0 Å². The molecule has 1 aliphatic rings. The third-order valence-electron chi connectivity index (χ3n) is 4.34. The second-order valence-corrected chi connectivity index (χ2v) is 10.5. The number of hydrogen-bond donors (Lipinski definition) is 1. The maximum Gasteiger partial charge on any atom is 0.340 e. The van der Waals surface area contributed by atoms with Gasteiger partial charge < -0.3 is 14.0 Å². The summed E-state index contributed by atoms with van der Waals surface area (Å²) in [6.07, 6.45) is 2.33. The molecule has 0 saturated heterocycles. The third kappa shape index (κ3) is 5.03. The van der Waals surface area contributed by atoms with Crippen LogP contribution >= 0.6 is 0 Å². The van der Waals surface area contributed by atoms with Gasteiger partial charge in [-0.2, -0.15) is 8.42 Å². The highest BCUT2D eigenvalue weighted by Crippen LogP contribution is 2.33. The lowest BCUT2D eigenvalue weighted by Gasteiger charge is -2.14. The quantitative estimate of drug-likeness (QED) is 0.646. The Balaban J connectivity index is 1.84. The first-order valence-corrected chi connectivity index (χ1v) is 12.0. The number of ether oxygens (including phenoxy) is 1. The molecule has 2 aromatic carbocycles. The second kappa shape index (κ2) is 7.73. The summed E-state index contributed by atoms with van der Waals surface area (Å²) in [5.41, 5.74) is 0.694. The SMILES string of the molecule is Cc1cc(OCC(O)C2CC2)cc(OS(=O)(=O)c2ccccc2S(C)(=O)=O)c1. The lowest BCUT2D eigenvalue weighted by atomic mass is 10.2. The van der Waals surface area contributed by atoms with Crippen molar-refractivity contribution < 1.29 is 30.9 Å². The van der Waals surface area contributed by atoms with Gasteiger partial charge in [-0.25, -0.2) is 8.42 Å². The van der Waals surface area contributed by atoms with E-state index in [0.717, 1.165) is 19.1 Å². The van der Waals surface area contributed by atoms with Crippen molar-refractivity contribution in [1.29, 1.82) is 0 Å². The predicted molar refractivity (Wildman–Crippen MR) is 103 cm³/mol. The summed E-state index contributed by atoms with van der Waals surface area (Å²) < 4.78 is 59.9. The van der Waals surface area contributed by atoms with E-state index in [2.05, 4.69) is 0 Å². The van der Waals surface area contributed by atoms with Crippen LogP contribution in [-0.4, -0.2) is 40.9 Å². The second-order valence-electron chi connectivity index (χ2n) is 6.95. The zero-order chi connectivity index (χ0) is 20.5. The molecule has 28 heavy (non-hydrogen) atoms. The van der Waals surface area contributed by atoms with Crippen LogP contribution in [0.25, 0.3) is 0 Å². The standard InChI is InChI=1S/C19H22O7S2/c1-13-9-15(25-12-17(20)14-7-8-14)11-16(10-13)26-28(23,24)19-6-4-3-5-18(19)27(2,21)22/h3-6,9-11,14,17,20H,7-8,12H2,1-2H3. The fourth-order valence-electron chi connectivity index (χ4n) is 2.78. The van der Waals surface area contributed by atoms with Crippen molar-refractivity contribution in [3.05, 3.63) is 48.0 Å². The summed E-state index contributed by atoms with van der Waals surface area (Å²) >= 11 is 0. The Labute approximate surface area is 165 Å². The van der Waals surface area contributed by atoms with Crippen LogP contribution in [0.1, 0.15) is 18.4 Å². The van der Waals surface area contributed by atoms with Crippen molar-refractivity contribution >= 4 is 20.0 Å². The molecule has 1 N–H and O–H groups in total. The van der Waals surface area contributed by atoms with Crippen LogP contribution in [0.15, 0.2) is 52.3 Å². The van der Waals surface area contributed by atoms with Gasteiger partial charge in [0.25, 0.3) is 0 Å². The van der Waals surface area contributed by atoms with Crippen LogP contribution in [-0.2, 0) is 20.0 Å². The van der Waals surface area contributed by atoms with Gasteiger partial charge in [0.15, 0.2) is 9.84 Å². The molecule has 3 rings (SSSR count). The fraction of sp³-hybridized carbons (Fsp3) is 0.368. The van der Waals surface area contributed by atoms with E-state index >= 15 is 0 Å². The molecule has 1 fully saturated rings. The van der Waals surface area contributed by atoms with Crippen LogP contribution < -0.4 is 8.92 Å². The normalized spacial score (nSPS) is 15.8. The molecule has 0 radical (unpaired) electrons. The van der Waals surface area contributed by atoms with Crippen LogP contribution in [0, 0.1) is 12.8 Å². The first-order valence-electron chi connectivity index (χ1n) is 8.72. The maximum absolute atomic E-state index is 12.7. The lowest BCUT2D eigenvalue weighted by Crippen LogP contribution is -2.19. The van der Waals surface area contributed by atoms with Gasteiger partial charge in [-0.05, 0) is 55.5 Å². The van der Waals surface area contributed by atoms with Gasteiger partial charge in [0, 0.05) is 12.3 Å². The minimum atomic E-state index is -4.38. The molecule has 1 saturated carbocycles. The number of rotatable bonds is 8. The van der Waals surface area contributed by atoms with E-state index in [-0.39, 0.29) is 23.2 Å². The molecule has 2 aromatic rings. The van der Waals surface area contributed by atoms with Gasteiger partial charge >= 0.3 is 10.1 Å². The number of hydrogen-bond acceptors (Lipinski definition) is 7. The van der Waals surface area contributed by atoms with Crippen molar-refractivity contribution in [3.8, 4) is 11.5 Å². The summed E-state index contributed by atoms with van der Waals surface area (Å²) in [5, 5.41) is 9.92. The zero-order valence-corrected chi connectivity index (χ0v) is 17.2. The minimum Gasteiger partial charge on any atom is -0.491 e. The van der Waals surface area contributed by atoms with Gasteiger partial charge in [0.2, 0.25) is 0 Å². The Bertz CT molecular complexity index is 1070. The minimum absolute atomic E-state index is 0.000726. The Kier molecular flexibility index (Phi) is 5.69. The van der Waals surface area contributed by atoms with Crippen molar-refractivity contribution in [3.63, 3.8) is 0 Å². The van der Waals surface area contributed by atoms with Gasteiger partial charge in [-0.1, -0.05) is 12.1 Å². The molecule has 1 aliphatic carbocycles. The van der Waals surface area contributed by atoms with E-state index in [9.17, 15) is 21.9 Å². The molecule has 7 nitrogen and oxygen atoms in total. The highest BCUT2D eigenvalue weighted by atomic mass is 32.2. The highest BCUT2D eigenvalue weighted by Gasteiger charge is 2.30. The fourth-order valence-corrected chi connectivity index (χ4v) is 5.30. The number of sulfone groups is 1. The molecular formula is C19H22O7S2. The van der Waals surface area contributed by atoms with Gasteiger partial charge in [-0.3, -0.25) is 0 Å². The monoisotopic (exact) mass is 426 g/mol. The number of aryl methyl sites for hydroxylation is 1. The van der Waals surface area contributed by atoms with Gasteiger partial charge in [0.1, 0.15) is 23.0 Å². The molecule has 1 atom stereocenters. The average molecular weight is 427 g/mol. The average Bonchev–Trinajstić information content (AvgIpc) is 3.43. The van der Waals surface area contributed by atoms with E-state index < -0.39 is 31.0 Å². The van der Waals surface area contributed by atoms with Crippen LogP contribution in [0.2, 0.25) is 0 Å². The number of aliphatic hydroxyl groups is 1. The first kappa shape index (κ1) is 20.6. The molecule has 0 spiro atoms. The molecule has 0 aliphatic heterocycles. The summed E-state index contributed by atoms with van der Waals surface area (Å²) in [6.45, 7) is 1.85. The van der Waals surface area contributed by atoms with Crippen molar-refractivity contribution in [2.45, 2.75) is 35.7 Å². The van der Waals surface area contributed by atoms with Crippen molar-refractivity contribution in [1.82, 2.24) is 0 Å². The maximum atomic E-state index is 12.7. The van der Waals surface area contributed by atoms with E-state index in [1.54, 1.807) is 13.0 Å². The largest absolute Gasteiger partial charge is 0.491 e. The number of aliphatic hydroxyl groups excluding tert-OH is 1. The topological polar surface area (TPSA) is 107 Å². The Morgan fingerprint density at radius 2 is 1.64 bits per heavy atom. The molecular weight excluding hydrogens is 404 g/mol.